The molecule has 0 bridgehead atoms. The molecule has 0 aliphatic carbocycles. The summed E-state index contributed by atoms with van der Waals surface area (Å²) in [6.45, 7) is 6.28. The molecular weight excluding hydrogens is 214 g/mol. The maximum absolute atomic E-state index is 3.36. The summed E-state index contributed by atoms with van der Waals surface area (Å²) in [5.41, 5.74) is 4.07. The zero-order valence-corrected chi connectivity index (χ0v) is 10.6. The Balaban J connectivity index is 2.30. The number of thiophene rings is 1. The van der Waals surface area contributed by atoms with Crippen molar-refractivity contribution in [2.75, 3.05) is 6.54 Å². The van der Waals surface area contributed by atoms with E-state index < -0.39 is 0 Å². The van der Waals surface area contributed by atoms with Gasteiger partial charge in [0.1, 0.15) is 0 Å². The van der Waals surface area contributed by atoms with E-state index in [2.05, 4.69) is 54.9 Å². The summed E-state index contributed by atoms with van der Waals surface area (Å²) in [5.74, 6) is 0. The van der Waals surface area contributed by atoms with Crippen molar-refractivity contribution in [3.63, 3.8) is 0 Å². The minimum Gasteiger partial charge on any atom is -0.313 e. The number of benzene rings is 1. The van der Waals surface area contributed by atoms with Crippen LogP contribution in [0.15, 0.2) is 35.7 Å². The van der Waals surface area contributed by atoms with E-state index in [-0.39, 0.29) is 0 Å². The molecule has 1 aromatic carbocycles. The normalized spacial score (nSPS) is 10.6. The van der Waals surface area contributed by atoms with Crippen molar-refractivity contribution in [3.8, 4) is 10.4 Å². The molecule has 0 aliphatic heterocycles. The van der Waals surface area contributed by atoms with Gasteiger partial charge in [0.2, 0.25) is 0 Å². The summed E-state index contributed by atoms with van der Waals surface area (Å²) in [7, 11) is 0. The molecule has 0 spiro atoms. The van der Waals surface area contributed by atoms with E-state index >= 15 is 0 Å². The molecular formula is C14H17NS. The maximum atomic E-state index is 3.36. The highest BCUT2D eigenvalue weighted by atomic mass is 32.1. The van der Waals surface area contributed by atoms with Crippen LogP contribution in [-0.2, 0) is 6.54 Å². The first-order valence-corrected chi connectivity index (χ1v) is 6.53. The smallest absolute Gasteiger partial charge is 0.0345 e. The molecule has 0 unspecified atom stereocenters. The van der Waals surface area contributed by atoms with Crippen LogP contribution < -0.4 is 5.32 Å². The van der Waals surface area contributed by atoms with Crippen LogP contribution in [0.5, 0.6) is 0 Å². The predicted octanol–water partition coefficient (Wildman–Crippen LogP) is 3.83. The van der Waals surface area contributed by atoms with Gasteiger partial charge in [-0.1, -0.05) is 25.1 Å². The van der Waals surface area contributed by atoms with Gasteiger partial charge in [-0.25, -0.2) is 0 Å². The van der Waals surface area contributed by atoms with E-state index in [1.807, 2.05) is 0 Å². The molecule has 0 fully saturated rings. The van der Waals surface area contributed by atoms with Crippen LogP contribution in [0.4, 0.5) is 0 Å². The Morgan fingerprint density at radius 1 is 1.25 bits per heavy atom. The average Bonchev–Trinajstić information content (AvgIpc) is 2.81. The lowest BCUT2D eigenvalue weighted by molar-refractivity contribution is 0.727. The van der Waals surface area contributed by atoms with Crippen molar-refractivity contribution in [1.82, 2.24) is 5.32 Å². The molecule has 0 amide bonds. The van der Waals surface area contributed by atoms with E-state index in [1.165, 1.54) is 21.6 Å². The Kier molecular flexibility index (Phi) is 3.75. The largest absolute Gasteiger partial charge is 0.313 e. The number of rotatable bonds is 4. The zero-order chi connectivity index (χ0) is 11.4. The molecule has 1 N–H and O–H groups in total. The molecule has 0 saturated heterocycles. The van der Waals surface area contributed by atoms with Crippen molar-refractivity contribution in [2.45, 2.75) is 20.4 Å². The van der Waals surface area contributed by atoms with Gasteiger partial charge in [0, 0.05) is 11.4 Å². The van der Waals surface area contributed by atoms with Crippen LogP contribution in [0, 0.1) is 6.92 Å². The van der Waals surface area contributed by atoms with Crippen LogP contribution in [0.2, 0.25) is 0 Å². The Hall–Kier alpha value is -1.12. The first-order chi connectivity index (χ1) is 7.81. The van der Waals surface area contributed by atoms with E-state index in [9.17, 15) is 0 Å². The summed E-state index contributed by atoms with van der Waals surface area (Å²) in [6.07, 6.45) is 0. The number of hydrogen-bond acceptors (Lipinski definition) is 2. The fraction of sp³-hybridized carbons (Fsp3) is 0.286. The van der Waals surface area contributed by atoms with Crippen molar-refractivity contribution in [2.24, 2.45) is 0 Å². The minimum atomic E-state index is 0.954. The second-order valence-corrected chi connectivity index (χ2v) is 4.85. The van der Waals surface area contributed by atoms with Crippen LogP contribution >= 0.6 is 11.3 Å². The Morgan fingerprint density at radius 3 is 2.81 bits per heavy atom. The highest BCUT2D eigenvalue weighted by molar-refractivity contribution is 7.13. The van der Waals surface area contributed by atoms with E-state index in [4.69, 9.17) is 0 Å². The summed E-state index contributed by atoms with van der Waals surface area (Å²) in [5, 5.41) is 5.49. The lowest BCUT2D eigenvalue weighted by Gasteiger charge is -2.07. The van der Waals surface area contributed by atoms with Gasteiger partial charge < -0.3 is 5.32 Å². The SMILES string of the molecule is CCNCc1ccc(C)c(-c2cccs2)c1. The van der Waals surface area contributed by atoms with Gasteiger partial charge in [0.05, 0.1) is 0 Å². The molecule has 2 heteroatoms. The van der Waals surface area contributed by atoms with Crippen LogP contribution in [0.1, 0.15) is 18.1 Å². The van der Waals surface area contributed by atoms with E-state index in [0.717, 1.165) is 13.1 Å². The number of aryl methyl sites for hydroxylation is 1. The van der Waals surface area contributed by atoms with Gasteiger partial charge in [-0.2, -0.15) is 0 Å². The quantitative estimate of drug-likeness (QED) is 0.843. The highest BCUT2D eigenvalue weighted by Gasteiger charge is 2.03. The summed E-state index contributed by atoms with van der Waals surface area (Å²) in [4.78, 5) is 1.36. The third-order valence-electron chi connectivity index (χ3n) is 2.67. The van der Waals surface area contributed by atoms with Crippen LogP contribution in [0.25, 0.3) is 10.4 Å². The second-order valence-electron chi connectivity index (χ2n) is 3.91. The fourth-order valence-corrected chi connectivity index (χ4v) is 2.55. The van der Waals surface area contributed by atoms with Gasteiger partial charge >= 0.3 is 0 Å². The topological polar surface area (TPSA) is 12.0 Å². The van der Waals surface area contributed by atoms with Gasteiger partial charge in [0.25, 0.3) is 0 Å². The molecule has 1 heterocycles. The summed E-state index contributed by atoms with van der Waals surface area (Å²) < 4.78 is 0. The van der Waals surface area contributed by atoms with Gasteiger partial charge in [-0.05, 0) is 47.7 Å². The van der Waals surface area contributed by atoms with Gasteiger partial charge in [-0.15, -0.1) is 11.3 Å². The molecule has 0 aliphatic rings. The molecule has 0 atom stereocenters. The zero-order valence-electron chi connectivity index (χ0n) is 9.79. The number of nitrogens with one attached hydrogen (secondary N) is 1. The maximum Gasteiger partial charge on any atom is 0.0345 e. The first-order valence-electron chi connectivity index (χ1n) is 5.65. The molecule has 1 nitrogen and oxygen atoms in total. The Bertz CT molecular complexity index is 446. The number of hydrogen-bond donors (Lipinski definition) is 1. The van der Waals surface area contributed by atoms with Crippen LogP contribution in [-0.4, -0.2) is 6.54 Å². The monoisotopic (exact) mass is 231 g/mol. The van der Waals surface area contributed by atoms with Crippen molar-refractivity contribution < 1.29 is 0 Å². The third kappa shape index (κ3) is 2.52. The molecule has 0 saturated carbocycles. The predicted molar refractivity (Wildman–Crippen MR) is 71.9 cm³/mol. The van der Waals surface area contributed by atoms with Crippen molar-refractivity contribution in [1.29, 1.82) is 0 Å². The van der Waals surface area contributed by atoms with E-state index in [1.54, 1.807) is 11.3 Å². The summed E-state index contributed by atoms with van der Waals surface area (Å²) in [6, 6.07) is 11.0. The standard InChI is InChI=1S/C14H17NS/c1-3-15-10-12-7-6-11(2)13(9-12)14-5-4-8-16-14/h4-9,15H,3,10H2,1-2H3. The first kappa shape index (κ1) is 11.4. The van der Waals surface area contributed by atoms with Crippen molar-refractivity contribution in [3.05, 3.63) is 46.8 Å². The highest BCUT2D eigenvalue weighted by Crippen LogP contribution is 2.28. The lowest BCUT2D eigenvalue weighted by Crippen LogP contribution is -2.11. The molecule has 84 valence electrons. The van der Waals surface area contributed by atoms with Gasteiger partial charge in [0.15, 0.2) is 0 Å². The molecule has 1 aromatic heterocycles. The van der Waals surface area contributed by atoms with Gasteiger partial charge in [-0.3, -0.25) is 0 Å². The third-order valence-corrected chi connectivity index (χ3v) is 3.57. The summed E-state index contributed by atoms with van der Waals surface area (Å²) >= 11 is 1.80. The van der Waals surface area contributed by atoms with Crippen LogP contribution in [0.3, 0.4) is 0 Å². The minimum absolute atomic E-state index is 0.954. The average molecular weight is 231 g/mol. The lowest BCUT2D eigenvalue weighted by atomic mass is 10.0. The Morgan fingerprint density at radius 2 is 2.12 bits per heavy atom. The molecule has 0 radical (unpaired) electrons. The van der Waals surface area contributed by atoms with E-state index in [0.29, 0.717) is 0 Å². The fourth-order valence-electron chi connectivity index (χ4n) is 1.75. The Labute approximate surface area is 101 Å². The molecule has 2 rings (SSSR count). The van der Waals surface area contributed by atoms with Crippen molar-refractivity contribution >= 4 is 11.3 Å². The molecule has 16 heavy (non-hydrogen) atoms. The molecule has 2 aromatic rings. The second kappa shape index (κ2) is 5.28.